The summed E-state index contributed by atoms with van der Waals surface area (Å²) >= 11 is 5.76. The second kappa shape index (κ2) is 11.4. The van der Waals surface area contributed by atoms with E-state index in [0.29, 0.717) is 17.3 Å². The lowest BCUT2D eigenvalue weighted by molar-refractivity contribution is -0.137. The molecule has 0 spiro atoms. The number of carbonyl (C=O) groups excluding carboxylic acids is 1. The van der Waals surface area contributed by atoms with Gasteiger partial charge in [0.05, 0.1) is 23.3 Å². The van der Waals surface area contributed by atoms with Crippen LogP contribution in [0.4, 0.5) is 18.9 Å². The minimum atomic E-state index is -4.45. The molecular weight excluding hydrogens is 547 g/mol. The summed E-state index contributed by atoms with van der Waals surface area (Å²) in [7, 11) is 0. The van der Waals surface area contributed by atoms with Gasteiger partial charge < -0.3 is 20.1 Å². The average molecular weight is 578 g/mol. The van der Waals surface area contributed by atoms with Crippen LogP contribution in [0.2, 0.25) is 0 Å². The highest BCUT2D eigenvalue weighted by atomic mass is 32.1. The van der Waals surface area contributed by atoms with Crippen molar-refractivity contribution in [2.24, 2.45) is 0 Å². The van der Waals surface area contributed by atoms with Gasteiger partial charge in [0, 0.05) is 41.9 Å². The first-order chi connectivity index (χ1) is 19.5. The standard InChI is InChI=1S/C31H30F3N5OS/c1-19-9-4-5-12-25(19)36-27(40)14-16-38-29(28(37-30(38)41)26-13-6-7-15-35-26)24-17-20(2)39(21(24)3)23-11-8-10-22(18-23)31(32,33)34/h4-13,15,17-18,28-29H,14,16H2,1-3H3,(H,36,40)(H,37,41)/t28-,29+/m1/s1. The fourth-order valence-corrected chi connectivity index (χ4v) is 5.77. The van der Waals surface area contributed by atoms with Gasteiger partial charge in [0.2, 0.25) is 5.91 Å². The number of amides is 1. The van der Waals surface area contributed by atoms with Crippen molar-refractivity contribution in [2.75, 3.05) is 11.9 Å². The molecule has 0 bridgehead atoms. The molecule has 0 saturated carbocycles. The van der Waals surface area contributed by atoms with Crippen LogP contribution >= 0.6 is 12.2 Å². The van der Waals surface area contributed by atoms with Crippen LogP contribution in [0.15, 0.2) is 79.0 Å². The van der Waals surface area contributed by atoms with E-state index in [2.05, 4.69) is 15.6 Å². The molecule has 5 rings (SSSR count). The molecule has 0 radical (unpaired) electrons. The van der Waals surface area contributed by atoms with Crippen LogP contribution in [0.25, 0.3) is 5.69 Å². The Labute approximate surface area is 242 Å². The number of anilines is 1. The highest BCUT2D eigenvalue weighted by molar-refractivity contribution is 7.80. The zero-order valence-electron chi connectivity index (χ0n) is 22.9. The summed E-state index contributed by atoms with van der Waals surface area (Å²) in [5.74, 6) is -0.142. The smallest absolute Gasteiger partial charge is 0.352 e. The van der Waals surface area contributed by atoms with E-state index in [0.717, 1.165) is 46.0 Å². The summed E-state index contributed by atoms with van der Waals surface area (Å²) in [6, 6.07) is 19.8. The quantitative estimate of drug-likeness (QED) is 0.236. The van der Waals surface area contributed by atoms with Gasteiger partial charge >= 0.3 is 6.18 Å². The van der Waals surface area contributed by atoms with E-state index in [9.17, 15) is 18.0 Å². The number of hydrogen-bond donors (Lipinski definition) is 2. The van der Waals surface area contributed by atoms with E-state index in [1.165, 1.54) is 6.07 Å². The lowest BCUT2D eigenvalue weighted by atomic mass is 9.96. The third-order valence-corrected chi connectivity index (χ3v) is 7.77. The van der Waals surface area contributed by atoms with Crippen LogP contribution in [0, 0.1) is 20.8 Å². The van der Waals surface area contributed by atoms with Gasteiger partial charge in [-0.1, -0.05) is 30.3 Å². The van der Waals surface area contributed by atoms with Crippen molar-refractivity contribution < 1.29 is 18.0 Å². The summed E-state index contributed by atoms with van der Waals surface area (Å²) in [6.07, 6.45) is -2.55. The number of nitrogens with zero attached hydrogens (tertiary/aromatic N) is 3. The fourth-order valence-electron chi connectivity index (χ4n) is 5.44. The number of thiocarbonyl (C=S) groups is 1. The van der Waals surface area contributed by atoms with E-state index < -0.39 is 11.7 Å². The Balaban J connectivity index is 1.49. The maximum absolute atomic E-state index is 13.5. The molecule has 0 unspecified atom stereocenters. The molecule has 1 amide bonds. The Hall–Kier alpha value is -4.18. The highest BCUT2D eigenvalue weighted by Crippen LogP contribution is 2.42. The van der Waals surface area contributed by atoms with E-state index in [-0.39, 0.29) is 24.4 Å². The minimum absolute atomic E-state index is 0.142. The normalized spacial score (nSPS) is 17.0. The van der Waals surface area contributed by atoms with Gasteiger partial charge in [-0.25, -0.2) is 0 Å². The number of aryl methyl sites for hydroxylation is 2. The number of carbonyl (C=O) groups is 1. The first-order valence-electron chi connectivity index (χ1n) is 13.2. The first-order valence-corrected chi connectivity index (χ1v) is 13.7. The Morgan fingerprint density at radius 1 is 1.02 bits per heavy atom. The van der Waals surface area contributed by atoms with Crippen LogP contribution < -0.4 is 10.6 Å². The SMILES string of the molecule is Cc1ccccc1NC(=O)CCN1C(=S)N[C@H](c2ccccn2)[C@@H]1c1cc(C)n(-c2cccc(C(F)(F)F)c2)c1C. The van der Waals surface area contributed by atoms with E-state index in [4.69, 9.17) is 12.2 Å². The van der Waals surface area contributed by atoms with E-state index in [1.807, 2.05) is 78.8 Å². The highest BCUT2D eigenvalue weighted by Gasteiger charge is 2.41. The monoisotopic (exact) mass is 577 g/mol. The number of nitrogens with one attached hydrogen (secondary N) is 2. The fraction of sp³-hybridized carbons (Fsp3) is 0.258. The van der Waals surface area contributed by atoms with Crippen LogP contribution in [0.3, 0.4) is 0 Å². The maximum atomic E-state index is 13.5. The zero-order chi connectivity index (χ0) is 29.3. The molecule has 2 aromatic heterocycles. The summed E-state index contributed by atoms with van der Waals surface area (Å²) in [5.41, 5.74) is 4.67. The summed E-state index contributed by atoms with van der Waals surface area (Å²) in [6.45, 7) is 6.03. The average Bonchev–Trinajstić information content (AvgIpc) is 3.43. The lowest BCUT2D eigenvalue weighted by Gasteiger charge is -2.28. The number of benzene rings is 2. The van der Waals surface area contributed by atoms with Gasteiger partial charge in [-0.05, 0) is 86.6 Å². The van der Waals surface area contributed by atoms with Gasteiger partial charge in [-0.2, -0.15) is 13.2 Å². The largest absolute Gasteiger partial charge is 0.416 e. The van der Waals surface area contributed by atoms with Crippen LogP contribution in [0.1, 0.15) is 52.3 Å². The molecule has 1 fully saturated rings. The number of hydrogen-bond acceptors (Lipinski definition) is 3. The van der Waals surface area contributed by atoms with Crippen molar-refractivity contribution in [1.29, 1.82) is 0 Å². The summed E-state index contributed by atoms with van der Waals surface area (Å²) < 4.78 is 42.3. The molecule has 2 N–H and O–H groups in total. The van der Waals surface area contributed by atoms with Crippen LogP contribution in [-0.2, 0) is 11.0 Å². The van der Waals surface area contributed by atoms with Gasteiger partial charge in [-0.15, -0.1) is 0 Å². The number of alkyl halides is 3. The molecule has 41 heavy (non-hydrogen) atoms. The molecule has 1 aliphatic rings. The summed E-state index contributed by atoms with van der Waals surface area (Å²) in [4.78, 5) is 19.5. The van der Waals surface area contributed by atoms with Crippen LogP contribution in [0.5, 0.6) is 0 Å². The number of aromatic nitrogens is 2. The van der Waals surface area contributed by atoms with E-state index >= 15 is 0 Å². The van der Waals surface area contributed by atoms with Gasteiger partial charge in [0.25, 0.3) is 0 Å². The summed E-state index contributed by atoms with van der Waals surface area (Å²) in [5, 5.41) is 6.84. The Bertz CT molecular complexity index is 1580. The number of pyridine rings is 1. The van der Waals surface area contributed by atoms with Crippen LogP contribution in [-0.4, -0.2) is 32.0 Å². The van der Waals surface area contributed by atoms with Crippen molar-refractivity contribution in [2.45, 2.75) is 45.5 Å². The second-order valence-electron chi connectivity index (χ2n) is 10.1. The van der Waals surface area contributed by atoms with Crippen molar-refractivity contribution in [1.82, 2.24) is 19.8 Å². The minimum Gasteiger partial charge on any atom is -0.352 e. The van der Waals surface area contributed by atoms with Gasteiger partial charge in [-0.3, -0.25) is 9.78 Å². The topological polar surface area (TPSA) is 62.2 Å². The first kappa shape index (κ1) is 28.4. The zero-order valence-corrected chi connectivity index (χ0v) is 23.7. The Morgan fingerprint density at radius 3 is 2.49 bits per heavy atom. The third-order valence-electron chi connectivity index (χ3n) is 7.42. The van der Waals surface area contributed by atoms with Crippen molar-refractivity contribution >= 4 is 28.9 Å². The molecule has 3 heterocycles. The Morgan fingerprint density at radius 2 is 1.78 bits per heavy atom. The molecule has 4 aromatic rings. The third kappa shape index (κ3) is 5.83. The van der Waals surface area contributed by atoms with Gasteiger partial charge in [0.15, 0.2) is 5.11 Å². The predicted octanol–water partition coefficient (Wildman–Crippen LogP) is 6.82. The van der Waals surface area contributed by atoms with Crippen molar-refractivity contribution in [3.63, 3.8) is 0 Å². The second-order valence-corrected chi connectivity index (χ2v) is 10.5. The van der Waals surface area contributed by atoms with E-state index in [1.54, 1.807) is 12.3 Å². The number of rotatable bonds is 7. The molecular formula is C31H30F3N5OS. The predicted molar refractivity (Wildman–Crippen MR) is 157 cm³/mol. The van der Waals surface area contributed by atoms with Crippen molar-refractivity contribution in [3.05, 3.63) is 113 Å². The Kier molecular flexibility index (Phi) is 7.86. The number of para-hydroxylation sites is 1. The molecule has 6 nitrogen and oxygen atoms in total. The lowest BCUT2D eigenvalue weighted by Crippen LogP contribution is -2.33. The molecule has 0 aliphatic carbocycles. The molecule has 1 saturated heterocycles. The van der Waals surface area contributed by atoms with Gasteiger partial charge in [0.1, 0.15) is 0 Å². The van der Waals surface area contributed by atoms with Crippen molar-refractivity contribution in [3.8, 4) is 5.69 Å². The molecule has 212 valence electrons. The molecule has 2 aromatic carbocycles. The number of halogens is 3. The molecule has 1 aliphatic heterocycles. The molecule has 10 heteroatoms. The maximum Gasteiger partial charge on any atom is 0.416 e. The molecule has 2 atom stereocenters.